The van der Waals surface area contributed by atoms with Gasteiger partial charge in [0.15, 0.2) is 0 Å². The average Bonchev–Trinajstić information content (AvgIpc) is 2.93. The van der Waals surface area contributed by atoms with E-state index in [-0.39, 0.29) is 11.9 Å². The zero-order valence-corrected chi connectivity index (χ0v) is 15.2. The molecule has 0 fully saturated rings. The van der Waals surface area contributed by atoms with Crippen LogP contribution in [0.1, 0.15) is 32.3 Å². The second-order valence-electron chi connectivity index (χ2n) is 6.46. The molecule has 1 aromatic carbocycles. The van der Waals surface area contributed by atoms with E-state index in [9.17, 15) is 4.79 Å². The lowest BCUT2D eigenvalue weighted by atomic mass is 10.0. The number of carbonyl (C=O) groups is 1. The summed E-state index contributed by atoms with van der Waals surface area (Å²) in [4.78, 5) is 19.8. The van der Waals surface area contributed by atoms with Gasteiger partial charge in [-0.1, -0.05) is 17.7 Å². The van der Waals surface area contributed by atoms with E-state index in [0.29, 0.717) is 11.4 Å². The van der Waals surface area contributed by atoms with Crippen molar-refractivity contribution < 1.29 is 4.79 Å². The Kier molecular flexibility index (Phi) is 5.39. The van der Waals surface area contributed by atoms with Gasteiger partial charge in [0.25, 0.3) is 0 Å². The molecule has 25 heavy (non-hydrogen) atoms. The fourth-order valence-corrected chi connectivity index (χ4v) is 3.20. The minimum atomic E-state index is 0.0901. The molecule has 3 rings (SSSR count). The van der Waals surface area contributed by atoms with Gasteiger partial charge < -0.3 is 10.3 Å². The summed E-state index contributed by atoms with van der Waals surface area (Å²) in [6, 6.07) is 11.9. The number of rotatable bonds is 6. The number of aryl methyl sites for hydroxylation is 1. The Morgan fingerprint density at radius 3 is 2.84 bits per heavy atom. The summed E-state index contributed by atoms with van der Waals surface area (Å²) in [7, 11) is 0. The Labute approximate surface area is 152 Å². The van der Waals surface area contributed by atoms with Crippen molar-refractivity contribution in [2.45, 2.75) is 39.2 Å². The predicted octanol–water partition coefficient (Wildman–Crippen LogP) is 4.73. The lowest BCUT2D eigenvalue weighted by Crippen LogP contribution is -2.29. The number of pyridine rings is 1. The van der Waals surface area contributed by atoms with Crippen LogP contribution in [0.2, 0.25) is 5.02 Å². The van der Waals surface area contributed by atoms with Crippen molar-refractivity contribution in [1.82, 2.24) is 15.3 Å². The lowest BCUT2D eigenvalue weighted by Gasteiger charge is -2.08. The van der Waals surface area contributed by atoms with Crippen LogP contribution >= 0.6 is 11.6 Å². The lowest BCUT2D eigenvalue weighted by molar-refractivity contribution is -0.121. The molecule has 3 aromatic rings. The van der Waals surface area contributed by atoms with Gasteiger partial charge in [-0.15, -0.1) is 0 Å². The number of halogens is 1. The molecule has 0 aliphatic rings. The first kappa shape index (κ1) is 17.5. The highest BCUT2D eigenvalue weighted by atomic mass is 35.5. The Balaban J connectivity index is 1.89. The number of benzene rings is 1. The molecule has 2 aromatic heterocycles. The molecular weight excluding hydrogens is 334 g/mol. The molecule has 2 N–H and O–H groups in total. The number of aromatic nitrogens is 2. The van der Waals surface area contributed by atoms with Crippen LogP contribution in [0.4, 0.5) is 0 Å². The van der Waals surface area contributed by atoms with Gasteiger partial charge >= 0.3 is 0 Å². The first-order chi connectivity index (χ1) is 12.0. The van der Waals surface area contributed by atoms with Gasteiger partial charge in [0, 0.05) is 34.6 Å². The topological polar surface area (TPSA) is 57.8 Å². The number of H-pyrrole nitrogens is 1. The number of nitrogens with one attached hydrogen (secondary N) is 2. The standard InChI is InChI=1S/C20H22ClN3O/c1-13(2)23-19(25)8-5-6-15-16-12-14(21)9-10-17(16)24-20(15)18-7-3-4-11-22-18/h3-4,7,9-13,24H,5-6,8H2,1-2H3,(H,23,25). The van der Waals surface area contributed by atoms with E-state index in [2.05, 4.69) is 15.3 Å². The van der Waals surface area contributed by atoms with Gasteiger partial charge in [-0.25, -0.2) is 0 Å². The van der Waals surface area contributed by atoms with Crippen molar-refractivity contribution in [2.75, 3.05) is 0 Å². The Hall–Kier alpha value is -2.33. The molecule has 2 heterocycles. The zero-order valence-electron chi connectivity index (χ0n) is 14.5. The molecule has 0 radical (unpaired) electrons. The molecule has 0 aliphatic heterocycles. The van der Waals surface area contributed by atoms with Crippen LogP contribution in [-0.2, 0) is 11.2 Å². The smallest absolute Gasteiger partial charge is 0.220 e. The Bertz CT molecular complexity index is 871. The number of nitrogens with zero attached hydrogens (tertiary/aromatic N) is 1. The SMILES string of the molecule is CC(C)NC(=O)CCCc1c(-c2ccccn2)[nH]c2ccc(Cl)cc12. The van der Waals surface area contributed by atoms with Crippen LogP contribution in [0, 0.1) is 0 Å². The second kappa shape index (κ2) is 7.70. The molecule has 0 spiro atoms. The first-order valence-corrected chi connectivity index (χ1v) is 8.93. The number of hydrogen-bond acceptors (Lipinski definition) is 2. The fraction of sp³-hybridized carbons (Fsp3) is 0.300. The third-order valence-electron chi connectivity index (χ3n) is 4.07. The normalized spacial score (nSPS) is 11.2. The molecule has 0 bridgehead atoms. The van der Waals surface area contributed by atoms with Crippen LogP contribution < -0.4 is 5.32 Å². The van der Waals surface area contributed by atoms with Gasteiger partial charge in [-0.05, 0) is 62.6 Å². The van der Waals surface area contributed by atoms with Crippen LogP contribution in [0.3, 0.4) is 0 Å². The van der Waals surface area contributed by atoms with Gasteiger partial charge in [-0.2, -0.15) is 0 Å². The number of hydrogen-bond donors (Lipinski definition) is 2. The number of carbonyl (C=O) groups excluding carboxylic acids is 1. The molecule has 0 aliphatic carbocycles. The van der Waals surface area contributed by atoms with Crippen molar-refractivity contribution in [1.29, 1.82) is 0 Å². The third-order valence-corrected chi connectivity index (χ3v) is 4.30. The summed E-state index contributed by atoms with van der Waals surface area (Å²) in [6.07, 6.45) is 3.86. The van der Waals surface area contributed by atoms with Crippen molar-refractivity contribution in [3.63, 3.8) is 0 Å². The molecule has 5 heteroatoms. The maximum absolute atomic E-state index is 11.9. The molecule has 0 atom stereocenters. The summed E-state index contributed by atoms with van der Waals surface area (Å²) in [5, 5.41) is 4.74. The van der Waals surface area contributed by atoms with E-state index in [1.807, 2.05) is 50.2 Å². The second-order valence-corrected chi connectivity index (χ2v) is 6.90. The minimum Gasteiger partial charge on any atom is -0.354 e. The monoisotopic (exact) mass is 355 g/mol. The van der Waals surface area contributed by atoms with E-state index in [0.717, 1.165) is 40.7 Å². The first-order valence-electron chi connectivity index (χ1n) is 8.55. The number of fused-ring (bicyclic) bond motifs is 1. The van der Waals surface area contributed by atoms with E-state index in [1.165, 1.54) is 0 Å². The highest BCUT2D eigenvalue weighted by molar-refractivity contribution is 6.31. The average molecular weight is 356 g/mol. The van der Waals surface area contributed by atoms with E-state index in [4.69, 9.17) is 11.6 Å². The van der Waals surface area contributed by atoms with Crippen molar-refractivity contribution in [3.05, 3.63) is 53.2 Å². The van der Waals surface area contributed by atoms with E-state index < -0.39 is 0 Å². The fourth-order valence-electron chi connectivity index (χ4n) is 3.03. The highest BCUT2D eigenvalue weighted by Gasteiger charge is 2.15. The Morgan fingerprint density at radius 1 is 1.28 bits per heavy atom. The molecule has 0 saturated carbocycles. The summed E-state index contributed by atoms with van der Waals surface area (Å²) in [5.74, 6) is 0.0901. The largest absolute Gasteiger partial charge is 0.354 e. The van der Waals surface area contributed by atoms with Crippen LogP contribution in [-0.4, -0.2) is 21.9 Å². The molecule has 0 saturated heterocycles. The van der Waals surface area contributed by atoms with Crippen molar-refractivity contribution in [3.8, 4) is 11.4 Å². The number of amides is 1. The van der Waals surface area contributed by atoms with Gasteiger partial charge in [0.2, 0.25) is 5.91 Å². The zero-order chi connectivity index (χ0) is 17.8. The summed E-state index contributed by atoms with van der Waals surface area (Å²) in [5.41, 5.74) is 4.10. The summed E-state index contributed by atoms with van der Waals surface area (Å²) >= 11 is 6.19. The Morgan fingerprint density at radius 2 is 2.12 bits per heavy atom. The maximum Gasteiger partial charge on any atom is 0.220 e. The van der Waals surface area contributed by atoms with Gasteiger partial charge in [-0.3, -0.25) is 9.78 Å². The van der Waals surface area contributed by atoms with Crippen molar-refractivity contribution >= 4 is 28.4 Å². The predicted molar refractivity (Wildman–Crippen MR) is 103 cm³/mol. The quantitative estimate of drug-likeness (QED) is 0.671. The van der Waals surface area contributed by atoms with Crippen LogP contribution in [0.5, 0.6) is 0 Å². The molecule has 1 amide bonds. The van der Waals surface area contributed by atoms with Gasteiger partial charge in [0.05, 0.1) is 11.4 Å². The summed E-state index contributed by atoms with van der Waals surface area (Å²) in [6.45, 7) is 3.94. The third kappa shape index (κ3) is 4.20. The molecule has 4 nitrogen and oxygen atoms in total. The number of aromatic amines is 1. The molecule has 0 unspecified atom stereocenters. The summed E-state index contributed by atoms with van der Waals surface area (Å²) < 4.78 is 0. The van der Waals surface area contributed by atoms with Crippen molar-refractivity contribution in [2.24, 2.45) is 0 Å². The van der Waals surface area contributed by atoms with Crippen LogP contribution in [0.15, 0.2) is 42.6 Å². The van der Waals surface area contributed by atoms with Crippen LogP contribution in [0.25, 0.3) is 22.3 Å². The molecular formula is C20H22ClN3O. The highest BCUT2D eigenvalue weighted by Crippen LogP contribution is 2.32. The minimum absolute atomic E-state index is 0.0901. The van der Waals surface area contributed by atoms with E-state index in [1.54, 1.807) is 6.20 Å². The molecule has 130 valence electrons. The maximum atomic E-state index is 11.9. The van der Waals surface area contributed by atoms with E-state index >= 15 is 0 Å². The van der Waals surface area contributed by atoms with Gasteiger partial charge in [0.1, 0.15) is 0 Å².